The normalized spacial score (nSPS) is 10.5. The lowest BCUT2D eigenvalue weighted by Gasteiger charge is -2.07. The molecule has 0 spiro atoms. The quantitative estimate of drug-likeness (QED) is 0.586. The fraction of sp³-hybridized carbons (Fsp3) is 0. The van der Waals surface area contributed by atoms with Gasteiger partial charge in [-0.1, -0.05) is 48.5 Å². The van der Waals surface area contributed by atoms with E-state index < -0.39 is 0 Å². The highest BCUT2D eigenvalue weighted by Gasteiger charge is 2.08. The third kappa shape index (κ3) is 3.52. The van der Waals surface area contributed by atoms with Gasteiger partial charge >= 0.3 is 6.01 Å². The predicted octanol–water partition coefficient (Wildman–Crippen LogP) is 4.67. The molecule has 1 N–H and O–H groups in total. The van der Waals surface area contributed by atoms with Gasteiger partial charge in [0.15, 0.2) is 0 Å². The first kappa shape index (κ1) is 15.8. The number of nitrogens with zero attached hydrogens (tertiary/aromatic N) is 2. The van der Waals surface area contributed by atoms with Crippen LogP contribution >= 0.6 is 0 Å². The van der Waals surface area contributed by atoms with E-state index in [-0.39, 0.29) is 11.9 Å². The second-order valence-electron chi connectivity index (χ2n) is 5.69. The van der Waals surface area contributed by atoms with E-state index >= 15 is 0 Å². The number of carbonyl (C=O) groups is 1. The van der Waals surface area contributed by atoms with E-state index in [9.17, 15) is 4.79 Å². The summed E-state index contributed by atoms with van der Waals surface area (Å²) in [6, 6.07) is 23.0. The Kier molecular flexibility index (Phi) is 4.26. The van der Waals surface area contributed by atoms with E-state index in [1.807, 2.05) is 66.7 Å². The van der Waals surface area contributed by atoms with Crippen LogP contribution in [0.2, 0.25) is 0 Å². The van der Waals surface area contributed by atoms with Crippen molar-refractivity contribution < 1.29 is 9.53 Å². The number of aromatic nitrogens is 2. The number of ether oxygens (including phenoxy) is 1. The molecule has 0 saturated heterocycles. The number of carbonyl (C=O) groups excluding carboxylic acids is 1. The second-order valence-corrected chi connectivity index (χ2v) is 5.69. The molecule has 1 amide bonds. The maximum Gasteiger partial charge on any atom is 0.322 e. The highest BCUT2D eigenvalue weighted by Crippen LogP contribution is 2.19. The molecule has 26 heavy (non-hydrogen) atoms. The Hall–Kier alpha value is -3.73. The zero-order valence-corrected chi connectivity index (χ0v) is 13.8. The molecule has 4 rings (SSSR count). The molecule has 126 valence electrons. The van der Waals surface area contributed by atoms with Gasteiger partial charge in [-0.3, -0.25) is 4.79 Å². The Morgan fingerprint density at radius 3 is 2.27 bits per heavy atom. The number of amides is 1. The van der Waals surface area contributed by atoms with Gasteiger partial charge in [-0.05, 0) is 35.0 Å². The molecule has 0 fully saturated rings. The molecule has 3 aromatic carbocycles. The van der Waals surface area contributed by atoms with Crippen LogP contribution in [-0.2, 0) is 0 Å². The maximum atomic E-state index is 12.4. The lowest BCUT2D eigenvalue weighted by molar-refractivity contribution is 0.102. The molecule has 5 heteroatoms. The Morgan fingerprint density at radius 2 is 1.50 bits per heavy atom. The van der Waals surface area contributed by atoms with E-state index in [0.717, 1.165) is 10.8 Å². The van der Waals surface area contributed by atoms with Crippen molar-refractivity contribution in [2.24, 2.45) is 0 Å². The van der Waals surface area contributed by atoms with Gasteiger partial charge in [-0.2, -0.15) is 0 Å². The van der Waals surface area contributed by atoms with Gasteiger partial charge in [-0.15, -0.1) is 0 Å². The fourth-order valence-electron chi connectivity index (χ4n) is 2.56. The standard InChI is InChI=1S/C21H15N3O2/c25-20(17-11-10-15-6-4-5-7-16(15)12-17)24-18-13-22-21(23-14-18)26-19-8-2-1-3-9-19/h1-14H,(H,24,25). The van der Waals surface area contributed by atoms with Gasteiger partial charge in [0.1, 0.15) is 5.75 Å². The average molecular weight is 341 g/mol. The number of rotatable bonds is 4. The fourth-order valence-corrected chi connectivity index (χ4v) is 2.56. The van der Waals surface area contributed by atoms with Gasteiger partial charge in [0.2, 0.25) is 0 Å². The summed E-state index contributed by atoms with van der Waals surface area (Å²) in [7, 11) is 0. The average Bonchev–Trinajstić information content (AvgIpc) is 2.70. The van der Waals surface area contributed by atoms with E-state index in [4.69, 9.17) is 4.74 Å². The van der Waals surface area contributed by atoms with E-state index in [0.29, 0.717) is 17.0 Å². The van der Waals surface area contributed by atoms with Gasteiger partial charge in [0, 0.05) is 5.56 Å². The maximum absolute atomic E-state index is 12.4. The van der Waals surface area contributed by atoms with Crippen LogP contribution in [0.5, 0.6) is 11.8 Å². The van der Waals surface area contributed by atoms with Crippen molar-refractivity contribution >= 4 is 22.4 Å². The van der Waals surface area contributed by atoms with Gasteiger partial charge in [-0.25, -0.2) is 9.97 Å². The molecule has 1 aromatic heterocycles. The Bertz CT molecular complexity index is 1050. The summed E-state index contributed by atoms with van der Waals surface area (Å²) in [6.07, 6.45) is 3.04. The molecule has 0 radical (unpaired) electrons. The van der Waals surface area contributed by atoms with Crippen LogP contribution in [0.4, 0.5) is 5.69 Å². The van der Waals surface area contributed by atoms with Crippen LogP contribution in [0.25, 0.3) is 10.8 Å². The van der Waals surface area contributed by atoms with Crippen LogP contribution < -0.4 is 10.1 Å². The van der Waals surface area contributed by atoms with Crippen molar-refractivity contribution in [3.05, 3.63) is 90.8 Å². The number of fused-ring (bicyclic) bond motifs is 1. The molecular formula is C21H15N3O2. The largest absolute Gasteiger partial charge is 0.424 e. The molecule has 0 aliphatic rings. The first-order valence-electron chi connectivity index (χ1n) is 8.13. The molecule has 0 atom stereocenters. The highest BCUT2D eigenvalue weighted by molar-refractivity contribution is 6.06. The summed E-state index contributed by atoms with van der Waals surface area (Å²) >= 11 is 0. The zero-order chi connectivity index (χ0) is 17.8. The molecule has 4 aromatic rings. The van der Waals surface area contributed by atoms with Crippen molar-refractivity contribution in [1.82, 2.24) is 9.97 Å². The smallest absolute Gasteiger partial charge is 0.322 e. The van der Waals surface area contributed by atoms with Crippen LogP contribution in [0.15, 0.2) is 85.2 Å². The van der Waals surface area contributed by atoms with Crippen molar-refractivity contribution in [3.8, 4) is 11.8 Å². The number of hydrogen-bond donors (Lipinski definition) is 1. The first-order chi connectivity index (χ1) is 12.8. The summed E-state index contributed by atoms with van der Waals surface area (Å²) in [5.74, 6) is 0.441. The monoisotopic (exact) mass is 341 g/mol. The number of hydrogen-bond acceptors (Lipinski definition) is 4. The minimum absolute atomic E-state index is 0.212. The van der Waals surface area contributed by atoms with E-state index in [1.54, 1.807) is 6.07 Å². The lowest BCUT2D eigenvalue weighted by atomic mass is 10.1. The van der Waals surface area contributed by atoms with Gasteiger partial charge in [0.05, 0.1) is 18.1 Å². The van der Waals surface area contributed by atoms with Gasteiger partial charge < -0.3 is 10.1 Å². The molecule has 0 aliphatic heterocycles. The number of nitrogens with one attached hydrogen (secondary N) is 1. The van der Waals surface area contributed by atoms with E-state index in [2.05, 4.69) is 15.3 Å². The molecule has 1 heterocycles. The molecule has 0 bridgehead atoms. The van der Waals surface area contributed by atoms with Crippen molar-refractivity contribution in [2.75, 3.05) is 5.32 Å². The molecule has 0 unspecified atom stereocenters. The molecule has 5 nitrogen and oxygen atoms in total. The van der Waals surface area contributed by atoms with Crippen molar-refractivity contribution in [2.45, 2.75) is 0 Å². The predicted molar refractivity (Wildman–Crippen MR) is 100 cm³/mol. The Balaban J connectivity index is 1.46. The zero-order valence-electron chi connectivity index (χ0n) is 13.8. The Morgan fingerprint density at radius 1 is 0.808 bits per heavy atom. The van der Waals surface area contributed by atoms with Gasteiger partial charge in [0.25, 0.3) is 5.91 Å². The van der Waals surface area contributed by atoms with Crippen LogP contribution in [0, 0.1) is 0 Å². The number of para-hydroxylation sites is 1. The van der Waals surface area contributed by atoms with Crippen LogP contribution in [0.3, 0.4) is 0 Å². The van der Waals surface area contributed by atoms with Crippen molar-refractivity contribution in [1.29, 1.82) is 0 Å². The summed E-state index contributed by atoms with van der Waals surface area (Å²) in [5.41, 5.74) is 1.08. The summed E-state index contributed by atoms with van der Waals surface area (Å²) in [4.78, 5) is 20.7. The second kappa shape index (κ2) is 7.03. The topological polar surface area (TPSA) is 64.1 Å². The lowest BCUT2D eigenvalue weighted by Crippen LogP contribution is -2.12. The first-order valence-corrected chi connectivity index (χ1v) is 8.13. The van der Waals surface area contributed by atoms with E-state index in [1.165, 1.54) is 12.4 Å². The number of anilines is 1. The van der Waals surface area contributed by atoms with Crippen LogP contribution in [0.1, 0.15) is 10.4 Å². The van der Waals surface area contributed by atoms with Crippen LogP contribution in [-0.4, -0.2) is 15.9 Å². The summed E-state index contributed by atoms with van der Waals surface area (Å²) < 4.78 is 5.54. The molecule has 0 saturated carbocycles. The minimum atomic E-state index is -0.212. The minimum Gasteiger partial charge on any atom is -0.424 e. The van der Waals surface area contributed by atoms with Crippen molar-refractivity contribution in [3.63, 3.8) is 0 Å². The summed E-state index contributed by atoms with van der Waals surface area (Å²) in [5, 5.41) is 4.90. The third-order valence-electron chi connectivity index (χ3n) is 3.85. The number of benzene rings is 3. The molecular weight excluding hydrogens is 326 g/mol. The molecule has 0 aliphatic carbocycles. The Labute approximate surface area is 150 Å². The summed E-state index contributed by atoms with van der Waals surface area (Å²) in [6.45, 7) is 0. The highest BCUT2D eigenvalue weighted by atomic mass is 16.5. The SMILES string of the molecule is O=C(Nc1cnc(Oc2ccccc2)nc1)c1ccc2ccccc2c1. The third-order valence-corrected chi connectivity index (χ3v) is 3.85.